The van der Waals surface area contributed by atoms with E-state index in [-0.39, 0.29) is 5.41 Å². The number of hydrogen-bond donors (Lipinski definition) is 0. The Balaban J connectivity index is 1.25. The lowest BCUT2D eigenvalue weighted by molar-refractivity contribution is 0.660. The average molecular weight is 577 g/mol. The molecular formula is C41H28N4. The second-order valence-electron chi connectivity index (χ2n) is 12.0. The first kappa shape index (κ1) is 26.7. The van der Waals surface area contributed by atoms with Crippen molar-refractivity contribution in [2.45, 2.75) is 19.3 Å². The first-order valence-electron chi connectivity index (χ1n) is 15.1. The maximum absolute atomic E-state index is 9.52. The van der Waals surface area contributed by atoms with Crippen molar-refractivity contribution in [3.05, 3.63) is 150 Å². The quantitative estimate of drug-likeness (QED) is 0.209. The van der Waals surface area contributed by atoms with Gasteiger partial charge in [0.1, 0.15) is 0 Å². The monoisotopic (exact) mass is 576 g/mol. The molecule has 1 aliphatic rings. The fourth-order valence-corrected chi connectivity index (χ4v) is 6.59. The maximum atomic E-state index is 9.52. The Bertz CT molecular complexity index is 2310. The Morgan fingerprint density at radius 2 is 1.09 bits per heavy atom. The van der Waals surface area contributed by atoms with Crippen molar-refractivity contribution >= 4 is 10.8 Å². The van der Waals surface area contributed by atoms with Crippen LogP contribution in [0.1, 0.15) is 30.5 Å². The van der Waals surface area contributed by atoms with Crippen LogP contribution in [0.2, 0.25) is 0 Å². The summed E-state index contributed by atoms with van der Waals surface area (Å²) < 4.78 is 0. The molecule has 0 atom stereocenters. The van der Waals surface area contributed by atoms with Crippen LogP contribution in [-0.4, -0.2) is 15.0 Å². The second kappa shape index (κ2) is 10.4. The number of rotatable bonds is 4. The summed E-state index contributed by atoms with van der Waals surface area (Å²) in [6.45, 7) is 4.48. The zero-order valence-corrected chi connectivity index (χ0v) is 25.0. The van der Waals surface area contributed by atoms with Crippen molar-refractivity contribution in [1.29, 1.82) is 5.26 Å². The second-order valence-corrected chi connectivity index (χ2v) is 12.0. The summed E-state index contributed by atoms with van der Waals surface area (Å²) in [5.74, 6) is 1.92. The van der Waals surface area contributed by atoms with Gasteiger partial charge in [-0.15, -0.1) is 0 Å². The summed E-state index contributed by atoms with van der Waals surface area (Å²) in [5.41, 5.74) is 10.4. The van der Waals surface area contributed by atoms with Crippen LogP contribution in [0, 0.1) is 11.3 Å². The van der Waals surface area contributed by atoms with Gasteiger partial charge >= 0.3 is 0 Å². The maximum Gasteiger partial charge on any atom is 0.164 e. The lowest BCUT2D eigenvalue weighted by Gasteiger charge is -2.22. The molecule has 0 bridgehead atoms. The van der Waals surface area contributed by atoms with E-state index in [9.17, 15) is 5.26 Å². The number of benzene rings is 6. The lowest BCUT2D eigenvalue weighted by Crippen LogP contribution is -2.15. The van der Waals surface area contributed by atoms with Gasteiger partial charge in [0.25, 0.3) is 0 Å². The normalized spacial score (nSPS) is 12.8. The minimum atomic E-state index is -0.211. The van der Waals surface area contributed by atoms with E-state index in [4.69, 9.17) is 15.0 Å². The standard InChI is InChI=1S/C41H28N4/c1-41(2)36-22-26(25-42)18-20-33(36)34-21-19-30(24-37(34)41)29-14-8-15-31(23-29)39-43-38(28-11-4-3-5-12-28)44-40(45-39)35-17-9-13-27-10-6-7-16-32(27)35/h3-24H,1-2H3. The van der Waals surface area contributed by atoms with Gasteiger partial charge in [0.2, 0.25) is 0 Å². The molecule has 0 fully saturated rings. The van der Waals surface area contributed by atoms with Gasteiger partial charge in [0.05, 0.1) is 11.6 Å². The van der Waals surface area contributed by atoms with Crippen LogP contribution >= 0.6 is 0 Å². The first-order valence-corrected chi connectivity index (χ1v) is 15.1. The zero-order valence-electron chi connectivity index (χ0n) is 25.0. The van der Waals surface area contributed by atoms with E-state index in [1.54, 1.807) is 0 Å². The number of aromatic nitrogens is 3. The highest BCUT2D eigenvalue weighted by Gasteiger charge is 2.35. The molecule has 0 N–H and O–H groups in total. The van der Waals surface area contributed by atoms with Gasteiger partial charge in [-0.3, -0.25) is 0 Å². The summed E-state index contributed by atoms with van der Waals surface area (Å²) >= 11 is 0. The molecule has 0 unspecified atom stereocenters. The van der Waals surface area contributed by atoms with Crippen LogP contribution < -0.4 is 0 Å². The van der Waals surface area contributed by atoms with Gasteiger partial charge in [-0.2, -0.15) is 5.26 Å². The van der Waals surface area contributed by atoms with Crippen LogP contribution in [0.3, 0.4) is 0 Å². The highest BCUT2D eigenvalue weighted by atomic mass is 15.0. The van der Waals surface area contributed by atoms with Crippen LogP contribution in [-0.2, 0) is 5.41 Å². The molecule has 0 saturated carbocycles. The van der Waals surface area contributed by atoms with Crippen LogP contribution in [0.5, 0.6) is 0 Å². The van der Waals surface area contributed by atoms with Crippen molar-refractivity contribution in [1.82, 2.24) is 15.0 Å². The molecule has 4 nitrogen and oxygen atoms in total. The van der Waals surface area contributed by atoms with Gasteiger partial charge in [-0.1, -0.05) is 123 Å². The van der Waals surface area contributed by atoms with Crippen LogP contribution in [0.4, 0.5) is 0 Å². The molecule has 1 aliphatic carbocycles. The third-order valence-corrected chi connectivity index (χ3v) is 8.96. The van der Waals surface area contributed by atoms with Crippen molar-refractivity contribution in [3.63, 3.8) is 0 Å². The molecule has 45 heavy (non-hydrogen) atoms. The summed E-state index contributed by atoms with van der Waals surface area (Å²) in [7, 11) is 0. The number of hydrogen-bond acceptors (Lipinski definition) is 4. The molecule has 1 heterocycles. The molecule has 8 rings (SSSR count). The van der Waals surface area contributed by atoms with E-state index in [1.807, 2.05) is 54.6 Å². The highest BCUT2D eigenvalue weighted by molar-refractivity contribution is 5.95. The molecule has 1 aromatic heterocycles. The topological polar surface area (TPSA) is 62.5 Å². The molecular weight excluding hydrogens is 548 g/mol. The Hall–Kier alpha value is -5.92. The van der Waals surface area contributed by atoms with E-state index in [0.717, 1.165) is 38.6 Å². The summed E-state index contributed by atoms with van der Waals surface area (Å²) in [6, 6.07) is 48.1. The van der Waals surface area contributed by atoms with Gasteiger partial charge < -0.3 is 0 Å². The fourth-order valence-electron chi connectivity index (χ4n) is 6.59. The molecule has 6 aromatic carbocycles. The summed E-state index contributed by atoms with van der Waals surface area (Å²) in [4.78, 5) is 15.0. The van der Waals surface area contributed by atoms with Crippen LogP contribution in [0.25, 0.3) is 67.2 Å². The van der Waals surface area contributed by atoms with Gasteiger partial charge in [0, 0.05) is 22.1 Å². The molecule has 212 valence electrons. The SMILES string of the molecule is CC1(C)c2cc(C#N)ccc2-c2ccc(-c3cccc(-c4nc(-c5ccccc5)nc(-c5cccc6ccccc56)n4)c3)cc21. The molecule has 0 saturated heterocycles. The Morgan fingerprint density at radius 3 is 1.91 bits per heavy atom. The van der Waals surface area contributed by atoms with E-state index >= 15 is 0 Å². The number of nitriles is 1. The average Bonchev–Trinajstić information content (AvgIpc) is 3.33. The minimum absolute atomic E-state index is 0.211. The minimum Gasteiger partial charge on any atom is -0.208 e. The largest absolute Gasteiger partial charge is 0.208 e. The van der Waals surface area contributed by atoms with Crippen molar-refractivity contribution < 1.29 is 0 Å². The zero-order chi connectivity index (χ0) is 30.5. The molecule has 0 radical (unpaired) electrons. The number of fused-ring (bicyclic) bond motifs is 4. The highest BCUT2D eigenvalue weighted by Crippen LogP contribution is 2.50. The molecule has 4 heteroatoms. The van der Waals surface area contributed by atoms with Gasteiger partial charge in [-0.25, -0.2) is 15.0 Å². The summed E-state index contributed by atoms with van der Waals surface area (Å²) in [5, 5.41) is 11.8. The molecule has 0 aliphatic heterocycles. The van der Waals surface area contributed by atoms with E-state index in [2.05, 4.69) is 98.8 Å². The third kappa shape index (κ3) is 4.49. The van der Waals surface area contributed by atoms with Crippen molar-refractivity contribution in [2.75, 3.05) is 0 Å². The van der Waals surface area contributed by atoms with Crippen molar-refractivity contribution in [3.8, 4) is 62.5 Å². The Labute approximate surface area is 262 Å². The lowest BCUT2D eigenvalue weighted by atomic mass is 9.81. The molecule has 0 spiro atoms. The predicted octanol–water partition coefficient (Wildman–Crippen LogP) is 9.87. The fraction of sp³-hybridized carbons (Fsp3) is 0.0732. The van der Waals surface area contributed by atoms with Crippen LogP contribution in [0.15, 0.2) is 133 Å². The van der Waals surface area contributed by atoms with E-state index in [0.29, 0.717) is 23.0 Å². The molecule has 0 amide bonds. The Morgan fingerprint density at radius 1 is 0.489 bits per heavy atom. The summed E-state index contributed by atoms with van der Waals surface area (Å²) in [6.07, 6.45) is 0. The predicted molar refractivity (Wildman–Crippen MR) is 181 cm³/mol. The number of nitrogens with zero attached hydrogens (tertiary/aromatic N) is 4. The van der Waals surface area contributed by atoms with E-state index in [1.165, 1.54) is 22.3 Å². The van der Waals surface area contributed by atoms with Crippen molar-refractivity contribution in [2.24, 2.45) is 0 Å². The first-order chi connectivity index (χ1) is 22.0. The smallest absolute Gasteiger partial charge is 0.164 e. The third-order valence-electron chi connectivity index (χ3n) is 8.96. The Kier molecular flexibility index (Phi) is 6.15. The van der Waals surface area contributed by atoms with Gasteiger partial charge in [0.15, 0.2) is 17.5 Å². The molecule has 7 aromatic rings. The van der Waals surface area contributed by atoms with Gasteiger partial charge in [-0.05, 0) is 68.4 Å². The van der Waals surface area contributed by atoms with E-state index < -0.39 is 0 Å².